The molecule has 1 aliphatic carbocycles. The normalized spacial score (nSPS) is 15.6. The highest BCUT2D eigenvalue weighted by Crippen LogP contribution is 2.37. The molecule has 0 spiro atoms. The number of benzene rings is 1. The average Bonchev–Trinajstić information content (AvgIpc) is 3.23. The predicted octanol–water partition coefficient (Wildman–Crippen LogP) is 3.37. The van der Waals surface area contributed by atoms with Gasteiger partial charge in [-0.3, -0.25) is 15.1 Å². The first kappa shape index (κ1) is 19.3. The molecule has 0 radical (unpaired) electrons. The lowest BCUT2D eigenvalue weighted by atomic mass is 10.0. The highest BCUT2D eigenvalue weighted by Gasteiger charge is 2.26. The first-order chi connectivity index (χ1) is 15.0. The summed E-state index contributed by atoms with van der Waals surface area (Å²) in [5.74, 6) is 0.364. The maximum atomic E-state index is 12.8. The number of fused-ring (bicyclic) bond motifs is 1. The monoisotopic (exact) mass is 419 g/mol. The lowest BCUT2D eigenvalue weighted by Crippen LogP contribution is -2.28. The smallest absolute Gasteiger partial charge is 0.321 e. The van der Waals surface area contributed by atoms with Gasteiger partial charge in [0.1, 0.15) is 5.52 Å². The number of hydrogen-bond donors (Lipinski definition) is 3. The average molecular weight is 419 g/mol. The van der Waals surface area contributed by atoms with Gasteiger partial charge in [-0.1, -0.05) is 0 Å². The number of H-pyrrole nitrogens is 1. The maximum Gasteiger partial charge on any atom is 0.321 e. The lowest BCUT2D eigenvalue weighted by molar-refractivity contribution is 0.252. The summed E-state index contributed by atoms with van der Waals surface area (Å²) in [7, 11) is 0. The van der Waals surface area contributed by atoms with Crippen LogP contribution < -0.4 is 21.2 Å². The summed E-state index contributed by atoms with van der Waals surface area (Å²) < 4.78 is 1.89. The molecule has 1 aromatic carbocycles. The molecule has 1 fully saturated rings. The third-order valence-electron chi connectivity index (χ3n) is 5.61. The van der Waals surface area contributed by atoms with E-state index < -0.39 is 0 Å². The number of carbonyl (C=O) groups excluding carboxylic acids is 1. The van der Waals surface area contributed by atoms with Crippen LogP contribution in [-0.4, -0.2) is 39.9 Å². The van der Waals surface area contributed by atoms with Crippen LogP contribution in [0.3, 0.4) is 0 Å². The molecule has 31 heavy (non-hydrogen) atoms. The fourth-order valence-electron chi connectivity index (χ4n) is 4.09. The number of aromatic nitrogens is 3. The van der Waals surface area contributed by atoms with Crippen LogP contribution in [-0.2, 0) is 0 Å². The summed E-state index contributed by atoms with van der Waals surface area (Å²) in [6, 6.07) is 7.76. The number of hydrazone groups is 1. The van der Waals surface area contributed by atoms with E-state index in [1.165, 1.54) is 0 Å². The molecule has 160 valence electrons. The molecule has 3 aromatic rings. The summed E-state index contributed by atoms with van der Waals surface area (Å²) in [4.78, 5) is 32.5. The van der Waals surface area contributed by atoms with E-state index in [1.54, 1.807) is 6.07 Å². The van der Waals surface area contributed by atoms with Gasteiger partial charge in [0.05, 0.1) is 11.2 Å². The van der Waals surface area contributed by atoms with E-state index in [-0.39, 0.29) is 11.6 Å². The van der Waals surface area contributed by atoms with E-state index in [0.717, 1.165) is 59.3 Å². The fourth-order valence-corrected chi connectivity index (χ4v) is 4.09. The van der Waals surface area contributed by atoms with Crippen LogP contribution in [0.25, 0.3) is 22.2 Å². The zero-order valence-electron chi connectivity index (χ0n) is 17.6. The molecule has 9 nitrogen and oxygen atoms in total. The molecule has 9 heteroatoms. The standard InChI is InChI=1S/C22H25N7O2/c1-3-23-22(31)27-21-25-17-10-15(11-18(20(17)26-21)28-8-4-7-24-28)14-9-13(2)29(16-5-6-16)19(30)12-14/h7,9-12,16H,3-6,8H2,1-2H3,(H3,23,25,26,27,31). The number of nitrogens with zero attached hydrogens (tertiary/aromatic N) is 4. The summed E-state index contributed by atoms with van der Waals surface area (Å²) in [5, 5.41) is 11.8. The fraction of sp³-hybridized carbons (Fsp3) is 0.364. The third-order valence-corrected chi connectivity index (χ3v) is 5.61. The Bertz CT molecular complexity index is 1250. The summed E-state index contributed by atoms with van der Waals surface area (Å²) >= 11 is 0. The van der Waals surface area contributed by atoms with Gasteiger partial charge in [-0.2, -0.15) is 5.10 Å². The number of imidazole rings is 1. The molecule has 1 saturated carbocycles. The van der Waals surface area contributed by atoms with Crippen molar-refractivity contribution in [2.75, 3.05) is 23.4 Å². The van der Waals surface area contributed by atoms with Crippen molar-refractivity contribution in [3.63, 3.8) is 0 Å². The molecule has 3 N–H and O–H groups in total. The first-order valence-electron chi connectivity index (χ1n) is 10.7. The van der Waals surface area contributed by atoms with Crippen LogP contribution in [0, 0.1) is 6.92 Å². The number of amides is 2. The molecule has 0 unspecified atom stereocenters. The van der Waals surface area contributed by atoms with Crippen molar-refractivity contribution in [2.45, 2.75) is 39.2 Å². The molecule has 0 saturated heterocycles. The number of pyridine rings is 1. The van der Waals surface area contributed by atoms with Gasteiger partial charge in [-0.25, -0.2) is 9.78 Å². The van der Waals surface area contributed by atoms with Crippen LogP contribution >= 0.6 is 0 Å². The SMILES string of the molecule is CCNC(=O)Nc1nc2c(N3CCC=N3)cc(-c3cc(C)n(C4CC4)c(=O)c3)cc2[nH]1. The highest BCUT2D eigenvalue weighted by atomic mass is 16.2. The number of carbonyl (C=O) groups is 1. The lowest BCUT2D eigenvalue weighted by Gasteiger charge is -2.16. The van der Waals surface area contributed by atoms with Gasteiger partial charge >= 0.3 is 6.03 Å². The van der Waals surface area contributed by atoms with E-state index in [9.17, 15) is 9.59 Å². The van der Waals surface area contributed by atoms with Crippen LogP contribution in [0.15, 0.2) is 34.2 Å². The van der Waals surface area contributed by atoms with E-state index in [1.807, 2.05) is 41.8 Å². The molecular weight excluding hydrogens is 394 g/mol. The van der Waals surface area contributed by atoms with Crippen molar-refractivity contribution in [3.8, 4) is 11.1 Å². The number of urea groups is 1. The highest BCUT2D eigenvalue weighted by molar-refractivity contribution is 5.97. The largest absolute Gasteiger partial charge is 0.338 e. The minimum atomic E-state index is -0.318. The molecule has 2 amide bonds. The van der Waals surface area contributed by atoms with E-state index in [0.29, 0.717) is 18.5 Å². The molecular formula is C22H25N7O2. The van der Waals surface area contributed by atoms with Crippen molar-refractivity contribution in [3.05, 3.63) is 40.3 Å². The summed E-state index contributed by atoms with van der Waals surface area (Å²) in [6.45, 7) is 5.12. The number of hydrogen-bond acceptors (Lipinski definition) is 5. The Morgan fingerprint density at radius 1 is 1.23 bits per heavy atom. The van der Waals surface area contributed by atoms with Gasteiger partial charge in [0.2, 0.25) is 5.95 Å². The van der Waals surface area contributed by atoms with Gasteiger partial charge in [0.25, 0.3) is 5.56 Å². The van der Waals surface area contributed by atoms with Crippen LogP contribution in [0.5, 0.6) is 0 Å². The Balaban J connectivity index is 1.61. The van der Waals surface area contributed by atoms with Gasteiger partial charge in [0, 0.05) is 43.5 Å². The van der Waals surface area contributed by atoms with Crippen LogP contribution in [0.1, 0.15) is 37.9 Å². The molecule has 3 heterocycles. The number of nitrogens with one attached hydrogen (secondary N) is 3. The molecule has 2 aliphatic rings. The quantitative estimate of drug-likeness (QED) is 0.589. The Kier molecular flexibility index (Phi) is 4.72. The zero-order chi connectivity index (χ0) is 21.5. The van der Waals surface area contributed by atoms with E-state index in [4.69, 9.17) is 0 Å². The number of aromatic amines is 1. The zero-order valence-corrected chi connectivity index (χ0v) is 17.6. The Hall–Kier alpha value is -3.62. The minimum Gasteiger partial charge on any atom is -0.338 e. The molecule has 5 rings (SSSR count). The van der Waals surface area contributed by atoms with Gasteiger partial charge < -0.3 is 14.9 Å². The first-order valence-corrected chi connectivity index (χ1v) is 10.7. The second-order valence-corrected chi connectivity index (χ2v) is 8.00. The second-order valence-electron chi connectivity index (χ2n) is 8.00. The van der Waals surface area contributed by atoms with Crippen LogP contribution in [0.2, 0.25) is 0 Å². The summed E-state index contributed by atoms with van der Waals surface area (Å²) in [6.07, 6.45) is 4.87. The second kappa shape index (κ2) is 7.57. The Labute approximate surface area is 179 Å². The molecule has 0 atom stereocenters. The van der Waals surface area contributed by atoms with Gasteiger partial charge in [0.15, 0.2) is 0 Å². The van der Waals surface area contributed by atoms with Crippen LogP contribution in [0.4, 0.5) is 16.4 Å². The summed E-state index contributed by atoms with van der Waals surface area (Å²) in [5.41, 5.74) is 5.09. The van der Waals surface area contributed by atoms with Crippen molar-refractivity contribution >= 4 is 34.9 Å². The van der Waals surface area contributed by atoms with Crippen molar-refractivity contribution in [2.24, 2.45) is 5.10 Å². The topological polar surface area (TPSA) is 107 Å². The molecule has 0 bridgehead atoms. The Morgan fingerprint density at radius 2 is 2.03 bits per heavy atom. The van der Waals surface area contributed by atoms with Gasteiger partial charge in [-0.05, 0) is 56.0 Å². The van der Waals surface area contributed by atoms with Crippen molar-refractivity contribution < 1.29 is 4.79 Å². The number of anilines is 2. The van der Waals surface area contributed by atoms with Crippen molar-refractivity contribution in [1.82, 2.24) is 19.9 Å². The van der Waals surface area contributed by atoms with E-state index in [2.05, 4.69) is 31.8 Å². The number of rotatable bonds is 5. The minimum absolute atomic E-state index is 0.0292. The predicted molar refractivity (Wildman–Crippen MR) is 122 cm³/mol. The van der Waals surface area contributed by atoms with Gasteiger partial charge in [-0.15, -0.1) is 0 Å². The van der Waals surface area contributed by atoms with Crippen molar-refractivity contribution in [1.29, 1.82) is 0 Å². The third kappa shape index (κ3) is 3.67. The molecule has 1 aliphatic heterocycles. The van der Waals surface area contributed by atoms with E-state index >= 15 is 0 Å². The maximum absolute atomic E-state index is 12.8. The number of aryl methyl sites for hydroxylation is 1. The Morgan fingerprint density at radius 3 is 2.71 bits per heavy atom. The molecule has 2 aromatic heterocycles.